The SMILES string of the molecule is Cc1nc(CCNC2CCN(C(=O)OC(C)(C)C)C2)cs1. The van der Waals surface area contributed by atoms with Crippen LogP contribution in [0.5, 0.6) is 0 Å². The molecule has 1 aliphatic rings. The molecule has 1 aromatic rings. The fourth-order valence-corrected chi connectivity index (χ4v) is 2.99. The molecule has 0 aromatic carbocycles. The molecule has 6 heteroatoms. The molecular formula is C15H25N3O2S. The number of thiazole rings is 1. The van der Waals surface area contributed by atoms with E-state index in [1.807, 2.05) is 27.7 Å². The quantitative estimate of drug-likeness (QED) is 0.928. The summed E-state index contributed by atoms with van der Waals surface area (Å²) in [6.07, 6.45) is 1.71. The molecule has 1 saturated heterocycles. The molecule has 2 rings (SSSR count). The summed E-state index contributed by atoms with van der Waals surface area (Å²) in [7, 11) is 0. The molecule has 0 aliphatic carbocycles. The maximum atomic E-state index is 12.0. The highest BCUT2D eigenvalue weighted by atomic mass is 32.1. The smallest absolute Gasteiger partial charge is 0.410 e. The van der Waals surface area contributed by atoms with E-state index in [9.17, 15) is 4.79 Å². The fourth-order valence-electron chi connectivity index (χ4n) is 2.35. The summed E-state index contributed by atoms with van der Waals surface area (Å²) in [5.74, 6) is 0. The Morgan fingerprint density at radius 1 is 1.57 bits per heavy atom. The van der Waals surface area contributed by atoms with Crippen LogP contribution in [-0.4, -0.2) is 47.3 Å². The third kappa shape index (κ3) is 5.28. The predicted octanol–water partition coefficient (Wildman–Crippen LogP) is 2.59. The van der Waals surface area contributed by atoms with Crippen LogP contribution < -0.4 is 5.32 Å². The molecule has 1 atom stereocenters. The third-order valence-corrected chi connectivity index (χ3v) is 4.14. The minimum Gasteiger partial charge on any atom is -0.444 e. The number of rotatable bonds is 4. The molecule has 0 radical (unpaired) electrons. The van der Waals surface area contributed by atoms with Gasteiger partial charge >= 0.3 is 6.09 Å². The van der Waals surface area contributed by atoms with Crippen molar-refractivity contribution in [3.05, 3.63) is 16.1 Å². The Labute approximate surface area is 130 Å². The second-order valence-corrected chi connectivity index (χ2v) is 7.54. The minimum atomic E-state index is -0.426. The van der Waals surface area contributed by atoms with Gasteiger partial charge in [-0.15, -0.1) is 11.3 Å². The maximum absolute atomic E-state index is 12.0. The van der Waals surface area contributed by atoms with Crippen molar-refractivity contribution < 1.29 is 9.53 Å². The number of carbonyl (C=O) groups is 1. The predicted molar refractivity (Wildman–Crippen MR) is 84.8 cm³/mol. The maximum Gasteiger partial charge on any atom is 0.410 e. The molecule has 0 saturated carbocycles. The van der Waals surface area contributed by atoms with Crippen LogP contribution in [0.2, 0.25) is 0 Å². The molecule has 1 aliphatic heterocycles. The first kappa shape index (κ1) is 16.2. The van der Waals surface area contributed by atoms with E-state index >= 15 is 0 Å². The Morgan fingerprint density at radius 3 is 2.95 bits per heavy atom. The van der Waals surface area contributed by atoms with E-state index in [0.29, 0.717) is 6.04 Å². The molecule has 118 valence electrons. The number of hydrogen-bond donors (Lipinski definition) is 1. The molecule has 0 spiro atoms. The molecule has 1 unspecified atom stereocenters. The van der Waals surface area contributed by atoms with Crippen LogP contribution in [0.25, 0.3) is 0 Å². The van der Waals surface area contributed by atoms with E-state index < -0.39 is 5.60 Å². The van der Waals surface area contributed by atoms with Crippen LogP contribution >= 0.6 is 11.3 Å². The molecule has 21 heavy (non-hydrogen) atoms. The first-order valence-electron chi connectivity index (χ1n) is 7.46. The highest BCUT2D eigenvalue weighted by Gasteiger charge is 2.29. The number of carbonyl (C=O) groups excluding carboxylic acids is 1. The Hall–Kier alpha value is -1.14. The van der Waals surface area contributed by atoms with Crippen molar-refractivity contribution in [1.29, 1.82) is 0 Å². The number of aromatic nitrogens is 1. The van der Waals surface area contributed by atoms with Crippen LogP contribution in [0, 0.1) is 6.92 Å². The van der Waals surface area contributed by atoms with Gasteiger partial charge < -0.3 is 15.0 Å². The highest BCUT2D eigenvalue weighted by molar-refractivity contribution is 7.09. The molecule has 1 N–H and O–H groups in total. The molecule has 5 nitrogen and oxygen atoms in total. The fraction of sp³-hybridized carbons (Fsp3) is 0.733. The lowest BCUT2D eigenvalue weighted by Gasteiger charge is -2.24. The second-order valence-electron chi connectivity index (χ2n) is 6.47. The minimum absolute atomic E-state index is 0.207. The summed E-state index contributed by atoms with van der Waals surface area (Å²) < 4.78 is 5.40. The molecule has 1 aromatic heterocycles. The zero-order valence-corrected chi connectivity index (χ0v) is 14.1. The van der Waals surface area contributed by atoms with Crippen molar-refractivity contribution in [3.63, 3.8) is 0 Å². The van der Waals surface area contributed by atoms with Gasteiger partial charge in [-0.1, -0.05) is 0 Å². The average Bonchev–Trinajstić information content (AvgIpc) is 2.97. The standard InChI is InChI=1S/C15H25N3O2S/c1-11-17-13(10-21-11)5-7-16-12-6-8-18(9-12)14(19)20-15(2,3)4/h10,12,16H,5-9H2,1-4H3. The van der Waals surface area contributed by atoms with Gasteiger partial charge in [0.05, 0.1) is 10.7 Å². The van der Waals surface area contributed by atoms with Gasteiger partial charge in [-0.05, 0) is 34.1 Å². The van der Waals surface area contributed by atoms with Crippen molar-refractivity contribution in [2.24, 2.45) is 0 Å². The van der Waals surface area contributed by atoms with Crippen LogP contribution in [-0.2, 0) is 11.2 Å². The molecular weight excluding hydrogens is 286 g/mol. The number of likely N-dealkylation sites (tertiary alicyclic amines) is 1. The van der Waals surface area contributed by atoms with Gasteiger partial charge in [-0.3, -0.25) is 0 Å². The van der Waals surface area contributed by atoms with E-state index in [0.717, 1.165) is 43.2 Å². The van der Waals surface area contributed by atoms with Crippen LogP contribution in [0.15, 0.2) is 5.38 Å². The molecule has 1 fully saturated rings. The molecule has 1 amide bonds. The summed E-state index contributed by atoms with van der Waals surface area (Å²) in [5.41, 5.74) is 0.720. The Morgan fingerprint density at radius 2 is 2.33 bits per heavy atom. The second kappa shape index (κ2) is 6.75. The summed E-state index contributed by atoms with van der Waals surface area (Å²) in [6, 6.07) is 0.359. The van der Waals surface area contributed by atoms with Crippen molar-refractivity contribution in [1.82, 2.24) is 15.2 Å². The van der Waals surface area contributed by atoms with Crippen molar-refractivity contribution in [2.45, 2.75) is 52.2 Å². The van der Waals surface area contributed by atoms with Gasteiger partial charge in [-0.25, -0.2) is 9.78 Å². The zero-order chi connectivity index (χ0) is 15.5. The average molecular weight is 311 g/mol. The van der Waals surface area contributed by atoms with E-state index in [1.165, 1.54) is 0 Å². The first-order valence-corrected chi connectivity index (χ1v) is 8.34. The van der Waals surface area contributed by atoms with Crippen molar-refractivity contribution in [3.8, 4) is 0 Å². The molecule has 0 bridgehead atoms. The van der Waals surface area contributed by atoms with Crippen LogP contribution in [0.1, 0.15) is 37.9 Å². The van der Waals surface area contributed by atoms with Crippen LogP contribution in [0.4, 0.5) is 4.79 Å². The normalized spacial score (nSPS) is 19.0. The van der Waals surface area contributed by atoms with E-state index in [1.54, 1.807) is 16.2 Å². The number of aryl methyl sites for hydroxylation is 1. The summed E-state index contributed by atoms with van der Waals surface area (Å²) >= 11 is 1.69. The summed E-state index contributed by atoms with van der Waals surface area (Å²) in [4.78, 5) is 18.2. The van der Waals surface area contributed by atoms with Crippen molar-refractivity contribution in [2.75, 3.05) is 19.6 Å². The van der Waals surface area contributed by atoms with Gasteiger partial charge in [-0.2, -0.15) is 0 Å². The number of nitrogens with one attached hydrogen (secondary N) is 1. The largest absolute Gasteiger partial charge is 0.444 e. The zero-order valence-electron chi connectivity index (χ0n) is 13.3. The van der Waals surface area contributed by atoms with E-state index in [2.05, 4.69) is 15.7 Å². The Balaban J connectivity index is 1.69. The molecule has 2 heterocycles. The summed E-state index contributed by atoms with van der Waals surface area (Å²) in [5, 5.41) is 6.72. The first-order chi connectivity index (χ1) is 9.83. The Kier molecular flexibility index (Phi) is 5.22. The lowest BCUT2D eigenvalue weighted by atomic mass is 10.2. The van der Waals surface area contributed by atoms with Gasteiger partial charge in [0.15, 0.2) is 0 Å². The number of amides is 1. The van der Waals surface area contributed by atoms with Crippen molar-refractivity contribution >= 4 is 17.4 Å². The van der Waals surface area contributed by atoms with Gasteiger partial charge in [0.25, 0.3) is 0 Å². The van der Waals surface area contributed by atoms with Gasteiger partial charge in [0, 0.05) is 37.5 Å². The number of nitrogens with zero attached hydrogens (tertiary/aromatic N) is 2. The van der Waals surface area contributed by atoms with E-state index in [-0.39, 0.29) is 6.09 Å². The van der Waals surface area contributed by atoms with Crippen LogP contribution in [0.3, 0.4) is 0 Å². The number of hydrogen-bond acceptors (Lipinski definition) is 5. The monoisotopic (exact) mass is 311 g/mol. The lowest BCUT2D eigenvalue weighted by molar-refractivity contribution is 0.0291. The van der Waals surface area contributed by atoms with Gasteiger partial charge in [0.2, 0.25) is 0 Å². The Bertz CT molecular complexity index is 482. The number of ether oxygens (including phenoxy) is 1. The third-order valence-electron chi connectivity index (χ3n) is 3.32. The summed E-state index contributed by atoms with van der Waals surface area (Å²) in [6.45, 7) is 10.1. The highest BCUT2D eigenvalue weighted by Crippen LogP contribution is 2.15. The van der Waals surface area contributed by atoms with E-state index in [4.69, 9.17) is 4.74 Å². The lowest BCUT2D eigenvalue weighted by Crippen LogP contribution is -2.38. The van der Waals surface area contributed by atoms with Gasteiger partial charge in [0.1, 0.15) is 5.60 Å². The topological polar surface area (TPSA) is 54.5 Å².